The Kier molecular flexibility index (Phi) is 3.20. The van der Waals surface area contributed by atoms with E-state index in [0.717, 1.165) is 46.8 Å². The fourth-order valence-electron chi connectivity index (χ4n) is 2.19. The lowest BCUT2D eigenvalue weighted by Gasteiger charge is -2.10. The van der Waals surface area contributed by atoms with Crippen LogP contribution in [0.1, 0.15) is 11.5 Å². The van der Waals surface area contributed by atoms with Crippen LogP contribution in [0, 0.1) is 6.92 Å². The molecule has 0 fully saturated rings. The number of nitrogens with two attached hydrogens (primary N) is 1. The van der Waals surface area contributed by atoms with E-state index >= 15 is 0 Å². The summed E-state index contributed by atoms with van der Waals surface area (Å²) in [6, 6.07) is 7.78. The number of fused-ring (bicyclic) bond motifs is 1. The van der Waals surface area contributed by atoms with Crippen molar-refractivity contribution >= 4 is 22.3 Å². The lowest BCUT2D eigenvalue weighted by Crippen LogP contribution is -2.07. The molecule has 6 nitrogen and oxygen atoms in total. The summed E-state index contributed by atoms with van der Waals surface area (Å²) >= 11 is 0. The van der Waals surface area contributed by atoms with Gasteiger partial charge in [0.1, 0.15) is 12.2 Å². The summed E-state index contributed by atoms with van der Waals surface area (Å²) in [5.41, 5.74) is 9.56. The Balaban J connectivity index is 1.84. The third kappa shape index (κ3) is 2.54. The molecular formula is C14H16N6. The highest BCUT2D eigenvalue weighted by Gasteiger charge is 2.05. The van der Waals surface area contributed by atoms with E-state index in [2.05, 4.69) is 25.5 Å². The van der Waals surface area contributed by atoms with Crippen LogP contribution in [-0.2, 0) is 6.42 Å². The van der Waals surface area contributed by atoms with E-state index in [1.165, 1.54) is 6.33 Å². The lowest BCUT2D eigenvalue weighted by molar-refractivity contribution is 0.901. The zero-order valence-corrected chi connectivity index (χ0v) is 11.2. The van der Waals surface area contributed by atoms with Crippen molar-refractivity contribution in [2.45, 2.75) is 13.3 Å². The summed E-state index contributed by atoms with van der Waals surface area (Å²) in [5.74, 6) is 0.868. The number of anilines is 2. The third-order valence-corrected chi connectivity index (χ3v) is 3.10. The minimum absolute atomic E-state index is 0.737. The van der Waals surface area contributed by atoms with Gasteiger partial charge in [-0.2, -0.15) is 5.10 Å². The first-order valence-electron chi connectivity index (χ1n) is 6.47. The number of H-pyrrole nitrogens is 1. The average molecular weight is 268 g/mol. The van der Waals surface area contributed by atoms with Gasteiger partial charge in [-0.3, -0.25) is 10.1 Å². The van der Waals surface area contributed by atoms with Crippen molar-refractivity contribution in [3.63, 3.8) is 0 Å². The van der Waals surface area contributed by atoms with Crippen LogP contribution in [0.5, 0.6) is 0 Å². The number of aromatic nitrogens is 4. The van der Waals surface area contributed by atoms with Crippen LogP contribution in [0.25, 0.3) is 10.9 Å². The number of nitrogens with one attached hydrogen (secondary N) is 2. The molecule has 1 aromatic carbocycles. The first kappa shape index (κ1) is 12.4. The van der Waals surface area contributed by atoms with Gasteiger partial charge in [0.15, 0.2) is 0 Å². The number of rotatable bonds is 4. The molecule has 0 atom stereocenters. The van der Waals surface area contributed by atoms with Crippen LogP contribution in [0.2, 0.25) is 0 Å². The van der Waals surface area contributed by atoms with E-state index < -0.39 is 0 Å². The molecule has 0 unspecified atom stereocenters. The number of aryl methyl sites for hydroxylation is 1. The van der Waals surface area contributed by atoms with E-state index in [4.69, 9.17) is 5.73 Å². The molecule has 2 aromatic heterocycles. The smallest absolute Gasteiger partial charge is 0.137 e. The molecule has 0 aliphatic rings. The maximum Gasteiger partial charge on any atom is 0.137 e. The van der Waals surface area contributed by atoms with Gasteiger partial charge >= 0.3 is 0 Å². The van der Waals surface area contributed by atoms with Crippen LogP contribution >= 0.6 is 0 Å². The van der Waals surface area contributed by atoms with Crippen LogP contribution in [0.4, 0.5) is 11.4 Å². The second-order valence-electron chi connectivity index (χ2n) is 4.70. The molecule has 0 aliphatic heterocycles. The van der Waals surface area contributed by atoms with Crippen molar-refractivity contribution in [3.05, 3.63) is 42.1 Å². The van der Waals surface area contributed by atoms with Crippen molar-refractivity contribution in [2.75, 3.05) is 17.6 Å². The number of hydrogen-bond acceptors (Lipinski definition) is 5. The van der Waals surface area contributed by atoms with Gasteiger partial charge in [-0.15, -0.1) is 0 Å². The minimum atomic E-state index is 0.737. The van der Waals surface area contributed by atoms with Crippen molar-refractivity contribution in [1.82, 2.24) is 20.2 Å². The van der Waals surface area contributed by atoms with Gasteiger partial charge in [-0.1, -0.05) is 0 Å². The molecule has 4 N–H and O–H groups in total. The number of nitrogens with zero attached hydrogens (tertiary/aromatic N) is 3. The second kappa shape index (κ2) is 5.16. The predicted molar refractivity (Wildman–Crippen MR) is 79.5 cm³/mol. The molecule has 20 heavy (non-hydrogen) atoms. The summed E-state index contributed by atoms with van der Waals surface area (Å²) in [4.78, 5) is 8.61. The molecular weight excluding hydrogens is 252 g/mol. The van der Waals surface area contributed by atoms with Gasteiger partial charge in [-0.05, 0) is 31.2 Å². The van der Waals surface area contributed by atoms with E-state index in [9.17, 15) is 0 Å². The highest BCUT2D eigenvalue weighted by Crippen LogP contribution is 2.25. The fourth-order valence-corrected chi connectivity index (χ4v) is 2.19. The molecule has 3 aromatic rings. The normalized spacial score (nSPS) is 10.8. The molecule has 0 saturated heterocycles. The Morgan fingerprint density at radius 3 is 3.00 bits per heavy atom. The topological polar surface area (TPSA) is 92.5 Å². The van der Waals surface area contributed by atoms with Gasteiger partial charge in [0.2, 0.25) is 0 Å². The van der Waals surface area contributed by atoms with E-state index in [-0.39, 0.29) is 0 Å². The largest absolute Gasteiger partial charge is 0.399 e. The molecule has 2 heterocycles. The Labute approximate surface area is 116 Å². The molecule has 0 spiro atoms. The number of nitrogen functional groups attached to an aromatic ring is 1. The Morgan fingerprint density at radius 2 is 2.20 bits per heavy atom. The van der Waals surface area contributed by atoms with Crippen LogP contribution in [0.3, 0.4) is 0 Å². The average Bonchev–Trinajstić information content (AvgIpc) is 2.92. The van der Waals surface area contributed by atoms with Crippen LogP contribution in [0.15, 0.2) is 30.6 Å². The van der Waals surface area contributed by atoms with Crippen molar-refractivity contribution in [1.29, 1.82) is 0 Å². The van der Waals surface area contributed by atoms with Crippen molar-refractivity contribution < 1.29 is 0 Å². The van der Waals surface area contributed by atoms with Gasteiger partial charge in [0, 0.05) is 35.4 Å². The number of pyridine rings is 1. The van der Waals surface area contributed by atoms with E-state index in [1.807, 2.05) is 31.2 Å². The molecule has 6 heteroatoms. The van der Waals surface area contributed by atoms with Crippen LogP contribution in [-0.4, -0.2) is 26.7 Å². The molecule has 3 rings (SSSR count). The van der Waals surface area contributed by atoms with Crippen molar-refractivity contribution in [2.24, 2.45) is 0 Å². The highest BCUT2D eigenvalue weighted by atomic mass is 15.2. The molecule has 0 bridgehead atoms. The van der Waals surface area contributed by atoms with E-state index in [0.29, 0.717) is 0 Å². The summed E-state index contributed by atoms with van der Waals surface area (Å²) < 4.78 is 0. The molecule has 0 radical (unpaired) electrons. The van der Waals surface area contributed by atoms with Gasteiger partial charge in [-0.25, -0.2) is 4.98 Å². The maximum absolute atomic E-state index is 5.86. The second-order valence-corrected chi connectivity index (χ2v) is 4.70. The maximum atomic E-state index is 5.86. The van der Waals surface area contributed by atoms with E-state index in [1.54, 1.807) is 0 Å². The first-order chi connectivity index (χ1) is 9.72. The van der Waals surface area contributed by atoms with Gasteiger partial charge < -0.3 is 11.1 Å². The Morgan fingerprint density at radius 1 is 1.30 bits per heavy atom. The molecule has 0 amide bonds. The van der Waals surface area contributed by atoms with Crippen LogP contribution < -0.4 is 11.1 Å². The number of aromatic amines is 1. The predicted octanol–water partition coefficient (Wildman–Crippen LogP) is 1.90. The van der Waals surface area contributed by atoms with Gasteiger partial charge in [0.05, 0.1) is 5.52 Å². The number of hydrogen-bond donors (Lipinski definition) is 3. The minimum Gasteiger partial charge on any atom is -0.399 e. The first-order valence-corrected chi connectivity index (χ1v) is 6.47. The zero-order valence-electron chi connectivity index (χ0n) is 11.2. The monoisotopic (exact) mass is 268 g/mol. The summed E-state index contributed by atoms with van der Waals surface area (Å²) in [7, 11) is 0. The summed E-state index contributed by atoms with van der Waals surface area (Å²) in [5, 5.41) is 11.1. The summed E-state index contributed by atoms with van der Waals surface area (Å²) in [6.45, 7) is 2.75. The Hall–Kier alpha value is -2.63. The summed E-state index contributed by atoms with van der Waals surface area (Å²) in [6.07, 6.45) is 2.30. The van der Waals surface area contributed by atoms with Gasteiger partial charge in [0.25, 0.3) is 0 Å². The zero-order chi connectivity index (χ0) is 13.9. The quantitative estimate of drug-likeness (QED) is 0.628. The Bertz CT molecular complexity index is 720. The lowest BCUT2D eigenvalue weighted by atomic mass is 10.1. The third-order valence-electron chi connectivity index (χ3n) is 3.10. The SMILES string of the molecule is Cc1cc(NCCc2ncn[nH]2)c2cc(N)ccc2n1. The number of benzene rings is 1. The van der Waals surface area contributed by atoms with Crippen molar-refractivity contribution in [3.8, 4) is 0 Å². The molecule has 0 saturated carbocycles. The highest BCUT2D eigenvalue weighted by molar-refractivity contribution is 5.93. The molecule has 102 valence electrons. The fraction of sp³-hybridized carbons (Fsp3) is 0.214. The molecule has 0 aliphatic carbocycles. The standard InChI is InChI=1S/C14H16N6/c1-9-6-13(16-5-4-14-17-8-18-20-14)11-7-10(15)2-3-12(11)19-9/h2-3,6-8H,4-5,15H2,1H3,(H,16,19)(H,17,18,20).